The third-order valence-corrected chi connectivity index (χ3v) is 5.40. The van der Waals surface area contributed by atoms with E-state index >= 15 is 0 Å². The van der Waals surface area contributed by atoms with Crippen molar-refractivity contribution in [2.75, 3.05) is 6.54 Å². The molecule has 4 aromatic rings. The first-order valence-electron chi connectivity index (χ1n) is 11.9. The molecule has 0 aliphatic rings. The summed E-state index contributed by atoms with van der Waals surface area (Å²) in [6, 6.07) is 29.7. The number of rotatable bonds is 10. The number of aliphatic carboxylic acids is 1. The summed E-state index contributed by atoms with van der Waals surface area (Å²) in [6.07, 6.45) is 0. The van der Waals surface area contributed by atoms with E-state index in [1.165, 1.54) is 12.1 Å². The number of benzene rings is 4. The molecule has 0 aliphatic heterocycles. The van der Waals surface area contributed by atoms with E-state index in [0.717, 1.165) is 0 Å². The van der Waals surface area contributed by atoms with Gasteiger partial charge in [0, 0.05) is 17.7 Å². The van der Waals surface area contributed by atoms with Crippen molar-refractivity contribution in [3.8, 4) is 0 Å². The lowest BCUT2D eigenvalue weighted by Gasteiger charge is -2.15. The minimum absolute atomic E-state index is 0.242. The van der Waals surface area contributed by atoms with Gasteiger partial charge in [0.25, 0.3) is 11.8 Å². The minimum atomic E-state index is -1.34. The van der Waals surface area contributed by atoms with E-state index in [1.54, 1.807) is 36.4 Å². The van der Waals surface area contributed by atoms with E-state index in [2.05, 4.69) is 31.1 Å². The molecule has 194 valence electrons. The maximum atomic E-state index is 12.6. The molecule has 2 amide bonds. The molecule has 10 heteroatoms. The number of amides is 2. The van der Waals surface area contributed by atoms with Crippen molar-refractivity contribution in [3.05, 3.63) is 120 Å². The molecule has 0 spiro atoms. The molecule has 0 saturated heterocycles. The summed E-state index contributed by atoms with van der Waals surface area (Å²) in [5, 5.41) is 31.0. The average molecular weight is 521 g/mol. The topological polar surface area (TPSA) is 145 Å². The maximum Gasteiger partial charge on any atom is 0.328 e. The Morgan fingerprint density at radius 1 is 0.564 bits per heavy atom. The van der Waals surface area contributed by atoms with Gasteiger partial charge in [-0.3, -0.25) is 9.59 Å². The summed E-state index contributed by atoms with van der Waals surface area (Å²) in [5.41, 5.74) is 3.03. The Bertz CT molecular complexity index is 1470. The number of carboxylic acid groups (broad SMARTS) is 1. The van der Waals surface area contributed by atoms with Gasteiger partial charge in [0.2, 0.25) is 0 Å². The second-order valence-electron chi connectivity index (χ2n) is 8.24. The first-order valence-corrected chi connectivity index (χ1v) is 11.9. The lowest BCUT2D eigenvalue weighted by molar-refractivity contribution is -0.139. The number of carbonyl (C=O) groups is 3. The number of nitrogens with one attached hydrogen (secondary N) is 2. The van der Waals surface area contributed by atoms with Gasteiger partial charge in [0.1, 0.15) is 6.04 Å². The maximum absolute atomic E-state index is 12.6. The minimum Gasteiger partial charge on any atom is -0.480 e. The largest absolute Gasteiger partial charge is 0.480 e. The summed E-state index contributed by atoms with van der Waals surface area (Å²) < 4.78 is 0. The number of carbonyl (C=O) groups excluding carboxylic acids is 2. The Hall–Kier alpha value is -5.51. The van der Waals surface area contributed by atoms with Gasteiger partial charge in [-0.2, -0.15) is 20.5 Å². The second kappa shape index (κ2) is 13.2. The van der Waals surface area contributed by atoms with Crippen LogP contribution in [-0.2, 0) is 4.79 Å². The Kier molecular flexibility index (Phi) is 8.95. The van der Waals surface area contributed by atoms with Crippen molar-refractivity contribution in [2.24, 2.45) is 20.5 Å². The van der Waals surface area contributed by atoms with Crippen LogP contribution in [-0.4, -0.2) is 35.5 Å². The van der Waals surface area contributed by atoms with Crippen LogP contribution in [0.2, 0.25) is 0 Å². The number of azo groups is 2. The molecule has 3 N–H and O–H groups in total. The highest BCUT2D eigenvalue weighted by atomic mass is 16.4. The van der Waals surface area contributed by atoms with Gasteiger partial charge < -0.3 is 15.7 Å². The van der Waals surface area contributed by atoms with Crippen molar-refractivity contribution >= 4 is 40.5 Å². The highest BCUT2D eigenvalue weighted by molar-refractivity contribution is 5.97. The highest BCUT2D eigenvalue weighted by Gasteiger charge is 2.22. The van der Waals surface area contributed by atoms with Crippen LogP contribution in [0, 0.1) is 0 Å². The molecule has 0 fully saturated rings. The van der Waals surface area contributed by atoms with Gasteiger partial charge in [-0.25, -0.2) is 4.79 Å². The fourth-order valence-corrected chi connectivity index (χ4v) is 3.32. The normalized spacial score (nSPS) is 11.8. The van der Waals surface area contributed by atoms with E-state index in [4.69, 9.17) is 0 Å². The van der Waals surface area contributed by atoms with Gasteiger partial charge in [0.15, 0.2) is 0 Å². The predicted molar refractivity (Wildman–Crippen MR) is 145 cm³/mol. The average Bonchev–Trinajstić information content (AvgIpc) is 2.98. The molecule has 0 bridgehead atoms. The van der Waals surface area contributed by atoms with E-state index in [0.29, 0.717) is 28.3 Å². The van der Waals surface area contributed by atoms with E-state index < -0.39 is 23.8 Å². The molecular formula is C29H24N6O4. The van der Waals surface area contributed by atoms with Crippen LogP contribution in [0.3, 0.4) is 0 Å². The van der Waals surface area contributed by atoms with Crippen molar-refractivity contribution in [1.29, 1.82) is 0 Å². The molecular weight excluding hydrogens is 496 g/mol. The Morgan fingerprint density at radius 3 is 1.36 bits per heavy atom. The summed E-state index contributed by atoms with van der Waals surface area (Å²) >= 11 is 0. The molecule has 10 nitrogen and oxygen atoms in total. The van der Waals surface area contributed by atoms with Crippen LogP contribution in [0.4, 0.5) is 22.7 Å². The Morgan fingerprint density at radius 2 is 0.949 bits per heavy atom. The van der Waals surface area contributed by atoms with Crippen LogP contribution in [0.25, 0.3) is 0 Å². The fourth-order valence-electron chi connectivity index (χ4n) is 3.32. The molecule has 0 aliphatic carbocycles. The van der Waals surface area contributed by atoms with Gasteiger partial charge in [-0.05, 0) is 72.8 Å². The van der Waals surface area contributed by atoms with Crippen molar-refractivity contribution in [3.63, 3.8) is 0 Å². The summed E-state index contributed by atoms with van der Waals surface area (Å²) in [4.78, 5) is 36.8. The Labute approximate surface area is 224 Å². The number of nitrogens with zero attached hydrogens (tertiary/aromatic N) is 4. The third-order valence-electron chi connectivity index (χ3n) is 5.40. The van der Waals surface area contributed by atoms with Gasteiger partial charge >= 0.3 is 5.97 Å². The van der Waals surface area contributed by atoms with Crippen LogP contribution in [0.5, 0.6) is 0 Å². The van der Waals surface area contributed by atoms with Gasteiger partial charge in [-0.15, -0.1) is 0 Å². The number of carboxylic acids is 1. The molecule has 4 rings (SSSR count). The molecule has 0 unspecified atom stereocenters. The number of hydrogen-bond donors (Lipinski definition) is 3. The van der Waals surface area contributed by atoms with E-state index in [-0.39, 0.29) is 12.1 Å². The zero-order valence-electron chi connectivity index (χ0n) is 20.6. The first kappa shape index (κ1) is 26.6. The van der Waals surface area contributed by atoms with E-state index in [1.807, 2.05) is 60.7 Å². The van der Waals surface area contributed by atoms with Crippen LogP contribution < -0.4 is 10.6 Å². The third kappa shape index (κ3) is 7.99. The first-order chi connectivity index (χ1) is 19.0. The van der Waals surface area contributed by atoms with Crippen molar-refractivity contribution < 1.29 is 19.5 Å². The van der Waals surface area contributed by atoms with Crippen LogP contribution in [0.15, 0.2) is 130 Å². The zero-order valence-corrected chi connectivity index (χ0v) is 20.6. The summed E-state index contributed by atoms with van der Waals surface area (Å²) in [7, 11) is 0. The molecule has 0 heterocycles. The lowest BCUT2D eigenvalue weighted by Crippen LogP contribution is -2.48. The molecule has 0 aromatic heterocycles. The molecule has 39 heavy (non-hydrogen) atoms. The van der Waals surface area contributed by atoms with Crippen LogP contribution in [0.1, 0.15) is 20.7 Å². The number of hydrogen-bond acceptors (Lipinski definition) is 7. The van der Waals surface area contributed by atoms with Gasteiger partial charge in [-0.1, -0.05) is 36.4 Å². The van der Waals surface area contributed by atoms with Crippen molar-refractivity contribution in [1.82, 2.24) is 10.6 Å². The molecule has 1 atom stereocenters. The second-order valence-corrected chi connectivity index (χ2v) is 8.24. The highest BCUT2D eigenvalue weighted by Crippen LogP contribution is 2.19. The predicted octanol–water partition coefficient (Wildman–Crippen LogP) is 6.13. The smallest absolute Gasteiger partial charge is 0.328 e. The quantitative estimate of drug-likeness (QED) is 0.216. The van der Waals surface area contributed by atoms with Gasteiger partial charge in [0.05, 0.1) is 22.7 Å². The Balaban J connectivity index is 1.30. The molecule has 4 aromatic carbocycles. The van der Waals surface area contributed by atoms with Crippen molar-refractivity contribution in [2.45, 2.75) is 6.04 Å². The summed E-state index contributed by atoms with van der Waals surface area (Å²) in [5.74, 6) is -2.37. The standard InChI is InChI=1S/C29H24N6O4/c36-27(20-11-15-24(16-12-20)34-32-22-7-3-1-4-8-22)30-19-26(29(38)39)31-28(37)21-13-17-25(18-14-21)35-33-23-9-5-2-6-10-23/h1-18,26H,19H2,(H,30,36)(H,31,37)(H,38,39)/t26-/m0/s1. The van der Waals surface area contributed by atoms with E-state index in [9.17, 15) is 19.5 Å². The zero-order chi connectivity index (χ0) is 27.5. The molecule has 0 radical (unpaired) electrons. The molecule has 0 saturated carbocycles. The SMILES string of the molecule is O=C(NC[C@H](NC(=O)c1ccc(N=Nc2ccccc2)cc1)C(=O)O)c1ccc(N=Nc2ccccc2)cc1. The fraction of sp³-hybridized carbons (Fsp3) is 0.0690. The van der Waals surface area contributed by atoms with Crippen LogP contribution >= 0.6 is 0 Å². The lowest BCUT2D eigenvalue weighted by atomic mass is 10.1. The monoisotopic (exact) mass is 520 g/mol. The summed E-state index contributed by atoms with van der Waals surface area (Å²) in [6.45, 7) is -0.307.